The number of hydrogen-bond acceptors (Lipinski definition) is 3. The molecule has 2 aromatic rings. The number of likely N-dealkylation sites (tertiary alicyclic amines) is 1. The summed E-state index contributed by atoms with van der Waals surface area (Å²) in [4.78, 5) is 26.0. The van der Waals surface area contributed by atoms with E-state index >= 15 is 0 Å². The average molecular weight is 343 g/mol. The first-order chi connectivity index (χ1) is 11.9. The zero-order chi connectivity index (χ0) is 18.1. The first kappa shape index (κ1) is 17.3. The van der Waals surface area contributed by atoms with Gasteiger partial charge in [-0.15, -0.1) is 0 Å². The number of furan rings is 1. The number of carbonyl (C=O) groups is 2. The van der Waals surface area contributed by atoms with Crippen molar-refractivity contribution in [1.29, 1.82) is 0 Å². The number of rotatable bonds is 4. The molecule has 0 spiro atoms. The van der Waals surface area contributed by atoms with Gasteiger partial charge in [-0.1, -0.05) is 18.2 Å². The van der Waals surface area contributed by atoms with Crippen molar-refractivity contribution in [2.75, 3.05) is 6.54 Å². The normalized spacial score (nSPS) is 18.8. The number of fused-ring (bicyclic) bond motifs is 1. The second-order valence-corrected chi connectivity index (χ2v) is 6.97. The van der Waals surface area contributed by atoms with E-state index in [9.17, 15) is 9.59 Å². The Kier molecular flexibility index (Phi) is 4.70. The van der Waals surface area contributed by atoms with Crippen LogP contribution in [0, 0.1) is 6.92 Å². The number of carbonyl (C=O) groups excluding carboxylic acids is 2. The van der Waals surface area contributed by atoms with Crippen LogP contribution in [0.1, 0.15) is 44.6 Å². The van der Waals surface area contributed by atoms with Gasteiger partial charge in [-0.2, -0.15) is 0 Å². The average Bonchev–Trinajstić information content (AvgIpc) is 3.08. The van der Waals surface area contributed by atoms with Crippen LogP contribution in [0.4, 0.5) is 4.79 Å². The lowest BCUT2D eigenvalue weighted by Crippen LogP contribution is -2.44. The van der Waals surface area contributed by atoms with Crippen LogP contribution in [0.15, 0.2) is 28.7 Å². The van der Waals surface area contributed by atoms with E-state index < -0.39 is 0 Å². The van der Waals surface area contributed by atoms with Gasteiger partial charge in [0, 0.05) is 30.0 Å². The number of benzene rings is 1. The van der Waals surface area contributed by atoms with Crippen LogP contribution in [0.2, 0.25) is 0 Å². The molecule has 0 bridgehead atoms. The first-order valence-corrected chi connectivity index (χ1v) is 8.71. The summed E-state index contributed by atoms with van der Waals surface area (Å²) in [7, 11) is 0. The van der Waals surface area contributed by atoms with Crippen LogP contribution in [0.3, 0.4) is 0 Å². The van der Waals surface area contributed by atoms with Crippen molar-refractivity contribution in [3.63, 3.8) is 0 Å². The molecule has 3 rings (SSSR count). The molecule has 1 saturated heterocycles. The maximum atomic E-state index is 12.3. The van der Waals surface area contributed by atoms with Crippen molar-refractivity contribution < 1.29 is 14.0 Å². The molecule has 6 nitrogen and oxygen atoms in total. The summed E-state index contributed by atoms with van der Waals surface area (Å²) in [5, 5.41) is 6.86. The number of aryl methyl sites for hydroxylation is 1. The summed E-state index contributed by atoms with van der Waals surface area (Å²) in [6.07, 6.45) is 0.351. The molecule has 0 radical (unpaired) electrons. The largest absolute Gasteiger partial charge is 0.459 e. The second kappa shape index (κ2) is 6.78. The van der Waals surface area contributed by atoms with Gasteiger partial charge in [-0.25, -0.2) is 4.79 Å². The predicted molar refractivity (Wildman–Crippen MR) is 96.3 cm³/mol. The quantitative estimate of drug-likeness (QED) is 0.896. The molecule has 1 aliphatic rings. The molecule has 1 aliphatic heterocycles. The Labute approximate surface area is 147 Å². The number of nitrogens with zero attached hydrogens (tertiary/aromatic N) is 1. The Balaban J connectivity index is 1.63. The molecular formula is C19H25N3O3. The minimum absolute atomic E-state index is 0.0847. The fourth-order valence-corrected chi connectivity index (χ4v) is 3.42. The highest BCUT2D eigenvalue weighted by Crippen LogP contribution is 2.29. The molecule has 3 amide bonds. The van der Waals surface area contributed by atoms with E-state index in [4.69, 9.17) is 4.42 Å². The van der Waals surface area contributed by atoms with Crippen LogP contribution in [-0.2, 0) is 4.79 Å². The van der Waals surface area contributed by atoms with Gasteiger partial charge >= 0.3 is 6.03 Å². The maximum absolute atomic E-state index is 12.3. The zero-order valence-electron chi connectivity index (χ0n) is 15.1. The monoisotopic (exact) mass is 343 g/mol. The summed E-state index contributed by atoms with van der Waals surface area (Å²) in [6.45, 7) is 8.40. The van der Waals surface area contributed by atoms with E-state index in [0.717, 1.165) is 22.3 Å². The Bertz CT molecular complexity index is 796. The molecule has 1 fully saturated rings. The van der Waals surface area contributed by atoms with Crippen molar-refractivity contribution >= 4 is 22.9 Å². The SMILES string of the molecule is Cc1c([C@H](C)NC(=O)NC2CC(=O)N(C(C)C)C2)oc2ccccc12. The third-order valence-corrected chi connectivity index (χ3v) is 4.74. The van der Waals surface area contributed by atoms with E-state index in [1.807, 2.05) is 52.0 Å². The molecular weight excluding hydrogens is 318 g/mol. The Hall–Kier alpha value is -2.50. The summed E-state index contributed by atoms with van der Waals surface area (Å²) in [5.41, 5.74) is 1.85. The van der Waals surface area contributed by atoms with E-state index in [2.05, 4.69) is 10.6 Å². The van der Waals surface area contributed by atoms with Gasteiger partial charge in [0.1, 0.15) is 11.3 Å². The van der Waals surface area contributed by atoms with E-state index in [0.29, 0.717) is 13.0 Å². The molecule has 2 heterocycles. The Morgan fingerprint density at radius 2 is 2.00 bits per heavy atom. The van der Waals surface area contributed by atoms with Gasteiger partial charge in [0.25, 0.3) is 0 Å². The van der Waals surface area contributed by atoms with E-state index in [1.165, 1.54) is 0 Å². The van der Waals surface area contributed by atoms with Crippen LogP contribution in [0.25, 0.3) is 11.0 Å². The minimum atomic E-state index is -0.282. The molecule has 25 heavy (non-hydrogen) atoms. The third kappa shape index (κ3) is 3.48. The summed E-state index contributed by atoms with van der Waals surface area (Å²) in [5.74, 6) is 0.837. The van der Waals surface area contributed by atoms with Gasteiger partial charge in [-0.05, 0) is 33.8 Å². The Morgan fingerprint density at radius 1 is 1.28 bits per heavy atom. The molecule has 2 atom stereocenters. The van der Waals surface area contributed by atoms with Crippen molar-refractivity contribution in [1.82, 2.24) is 15.5 Å². The third-order valence-electron chi connectivity index (χ3n) is 4.74. The summed E-state index contributed by atoms with van der Waals surface area (Å²) in [6, 6.07) is 7.28. The lowest BCUT2D eigenvalue weighted by Gasteiger charge is -2.21. The van der Waals surface area contributed by atoms with Crippen molar-refractivity contribution in [2.45, 2.75) is 52.2 Å². The summed E-state index contributed by atoms with van der Waals surface area (Å²) >= 11 is 0. The molecule has 0 saturated carbocycles. The fraction of sp³-hybridized carbons (Fsp3) is 0.474. The standard InChI is InChI=1S/C19H25N3O3/c1-11(2)22-10-14(9-17(22)23)21-19(24)20-13(4)18-12(3)15-7-5-6-8-16(15)25-18/h5-8,11,13-14H,9-10H2,1-4H3,(H2,20,21,24)/t13-,14?/m0/s1. The van der Waals surface area contributed by atoms with Crippen molar-refractivity contribution in [2.24, 2.45) is 0 Å². The van der Waals surface area contributed by atoms with Crippen LogP contribution in [0.5, 0.6) is 0 Å². The van der Waals surface area contributed by atoms with Gasteiger partial charge in [0.15, 0.2) is 0 Å². The highest BCUT2D eigenvalue weighted by atomic mass is 16.3. The van der Waals surface area contributed by atoms with Gasteiger partial charge in [0.05, 0.1) is 12.1 Å². The number of hydrogen-bond donors (Lipinski definition) is 2. The van der Waals surface area contributed by atoms with Crippen LogP contribution >= 0.6 is 0 Å². The fourth-order valence-electron chi connectivity index (χ4n) is 3.42. The summed E-state index contributed by atoms with van der Waals surface area (Å²) < 4.78 is 5.89. The highest BCUT2D eigenvalue weighted by Gasteiger charge is 2.32. The van der Waals surface area contributed by atoms with Crippen molar-refractivity contribution in [3.8, 4) is 0 Å². The molecule has 1 aromatic carbocycles. The number of para-hydroxylation sites is 1. The first-order valence-electron chi connectivity index (χ1n) is 8.71. The van der Waals surface area contributed by atoms with Crippen molar-refractivity contribution in [3.05, 3.63) is 35.6 Å². The molecule has 2 N–H and O–H groups in total. The van der Waals surface area contributed by atoms with E-state index in [-0.39, 0.29) is 30.1 Å². The topological polar surface area (TPSA) is 74.6 Å². The number of nitrogens with one attached hydrogen (secondary N) is 2. The number of amides is 3. The predicted octanol–water partition coefficient (Wildman–Crippen LogP) is 3.11. The van der Waals surface area contributed by atoms with Gasteiger partial charge in [-0.3, -0.25) is 4.79 Å². The molecule has 0 aliphatic carbocycles. The maximum Gasteiger partial charge on any atom is 0.315 e. The minimum Gasteiger partial charge on any atom is -0.459 e. The molecule has 6 heteroatoms. The second-order valence-electron chi connectivity index (χ2n) is 6.97. The molecule has 134 valence electrons. The van der Waals surface area contributed by atoms with E-state index in [1.54, 1.807) is 4.90 Å². The lowest BCUT2D eigenvalue weighted by atomic mass is 10.1. The van der Waals surface area contributed by atoms with Gasteiger partial charge < -0.3 is 20.0 Å². The molecule has 1 unspecified atom stereocenters. The Morgan fingerprint density at radius 3 is 2.64 bits per heavy atom. The smallest absolute Gasteiger partial charge is 0.315 e. The van der Waals surface area contributed by atoms with Gasteiger partial charge in [0.2, 0.25) is 5.91 Å². The zero-order valence-corrected chi connectivity index (χ0v) is 15.1. The highest BCUT2D eigenvalue weighted by molar-refractivity contribution is 5.83. The lowest BCUT2D eigenvalue weighted by molar-refractivity contribution is -0.129. The van der Waals surface area contributed by atoms with Crippen LogP contribution in [-0.4, -0.2) is 35.5 Å². The molecule has 1 aromatic heterocycles. The number of urea groups is 1. The van der Waals surface area contributed by atoms with Crippen LogP contribution < -0.4 is 10.6 Å².